The van der Waals surface area contributed by atoms with Crippen molar-refractivity contribution in [1.82, 2.24) is 9.78 Å². The van der Waals surface area contributed by atoms with Gasteiger partial charge in [0, 0.05) is 34.2 Å². The van der Waals surface area contributed by atoms with Crippen molar-refractivity contribution in [3.8, 4) is 0 Å². The summed E-state index contributed by atoms with van der Waals surface area (Å²) in [6.45, 7) is 1.90. The summed E-state index contributed by atoms with van der Waals surface area (Å²) in [4.78, 5) is 0. The molecule has 2 rings (SSSR count). The maximum Gasteiger partial charge on any atom is 0.109 e. The predicted octanol–water partition coefficient (Wildman–Crippen LogP) is 2.63. The molecule has 1 atom stereocenters. The molecule has 3 nitrogen and oxygen atoms in total. The zero-order valence-electron chi connectivity index (χ0n) is 8.44. The van der Waals surface area contributed by atoms with Crippen molar-refractivity contribution in [2.75, 3.05) is 0 Å². The minimum Gasteiger partial charge on any atom is -0.383 e. The second-order valence-corrected chi connectivity index (χ2v) is 5.02. The Labute approximate surface area is 100 Å². The van der Waals surface area contributed by atoms with Gasteiger partial charge < -0.3 is 5.11 Å². The van der Waals surface area contributed by atoms with E-state index >= 15 is 0 Å². The number of aliphatic hydroxyl groups is 1. The van der Waals surface area contributed by atoms with Gasteiger partial charge in [0.05, 0.1) is 5.69 Å². The number of aromatic nitrogens is 2. The fourth-order valence-corrected chi connectivity index (χ4v) is 3.07. The molecular weight excluding hydrogens is 276 g/mol. The molecule has 80 valence electrons. The van der Waals surface area contributed by atoms with E-state index in [1.54, 1.807) is 16.0 Å². The van der Waals surface area contributed by atoms with E-state index in [9.17, 15) is 5.11 Å². The molecule has 0 fully saturated rings. The zero-order valence-corrected chi connectivity index (χ0v) is 10.8. The summed E-state index contributed by atoms with van der Waals surface area (Å²) in [6, 6.07) is 0. The number of hydrogen-bond acceptors (Lipinski definition) is 3. The molecule has 0 radical (unpaired) electrons. The molecule has 0 bridgehead atoms. The maximum absolute atomic E-state index is 10.2. The van der Waals surface area contributed by atoms with Crippen LogP contribution in [0.25, 0.3) is 0 Å². The van der Waals surface area contributed by atoms with Crippen molar-refractivity contribution in [2.45, 2.75) is 13.0 Å². The first kappa shape index (κ1) is 10.9. The lowest BCUT2D eigenvalue weighted by Crippen LogP contribution is -1.99. The van der Waals surface area contributed by atoms with Crippen molar-refractivity contribution in [3.05, 3.63) is 38.3 Å². The van der Waals surface area contributed by atoms with Crippen LogP contribution in [0.15, 0.2) is 21.4 Å². The molecule has 15 heavy (non-hydrogen) atoms. The normalized spacial score (nSPS) is 13.1. The van der Waals surface area contributed by atoms with E-state index in [4.69, 9.17) is 0 Å². The molecule has 0 spiro atoms. The SMILES string of the molecule is Cc1nn(C)cc1C(O)c1cscc1Br. The summed E-state index contributed by atoms with van der Waals surface area (Å²) in [5.41, 5.74) is 2.62. The summed E-state index contributed by atoms with van der Waals surface area (Å²) in [7, 11) is 1.85. The molecule has 2 aromatic rings. The van der Waals surface area contributed by atoms with Crippen LogP contribution in [-0.4, -0.2) is 14.9 Å². The molecule has 0 aliphatic heterocycles. The molecule has 1 N–H and O–H groups in total. The van der Waals surface area contributed by atoms with Gasteiger partial charge >= 0.3 is 0 Å². The third-order valence-corrected chi connectivity index (χ3v) is 4.03. The van der Waals surface area contributed by atoms with Gasteiger partial charge in [-0.15, -0.1) is 0 Å². The molecule has 2 aromatic heterocycles. The number of aliphatic hydroxyl groups excluding tert-OH is 1. The first-order valence-corrected chi connectivity index (χ1v) is 6.23. The Bertz CT molecular complexity index is 477. The molecule has 2 heterocycles. The second-order valence-electron chi connectivity index (χ2n) is 3.42. The van der Waals surface area contributed by atoms with Gasteiger partial charge in [0.25, 0.3) is 0 Å². The molecule has 5 heteroatoms. The van der Waals surface area contributed by atoms with Gasteiger partial charge in [-0.2, -0.15) is 16.4 Å². The van der Waals surface area contributed by atoms with E-state index in [-0.39, 0.29) is 0 Å². The standard InChI is InChI=1S/C10H11BrN2OS/c1-6-7(3-13(2)12-6)10(14)8-4-15-5-9(8)11/h3-5,10,14H,1-2H3. The van der Waals surface area contributed by atoms with Crippen molar-refractivity contribution < 1.29 is 5.11 Å². The lowest BCUT2D eigenvalue weighted by molar-refractivity contribution is 0.219. The number of nitrogens with zero attached hydrogens (tertiary/aromatic N) is 2. The average Bonchev–Trinajstić information content (AvgIpc) is 2.71. The van der Waals surface area contributed by atoms with Crippen molar-refractivity contribution in [1.29, 1.82) is 0 Å². The minimum absolute atomic E-state index is 0.598. The van der Waals surface area contributed by atoms with Gasteiger partial charge in [-0.3, -0.25) is 4.68 Å². The van der Waals surface area contributed by atoms with E-state index in [0.29, 0.717) is 0 Å². The first-order chi connectivity index (χ1) is 7.09. The van der Waals surface area contributed by atoms with E-state index in [2.05, 4.69) is 21.0 Å². The third-order valence-electron chi connectivity index (χ3n) is 2.28. The van der Waals surface area contributed by atoms with Crippen LogP contribution in [0, 0.1) is 6.92 Å². The van der Waals surface area contributed by atoms with Crippen LogP contribution in [-0.2, 0) is 7.05 Å². The van der Waals surface area contributed by atoms with Crippen LogP contribution in [0.2, 0.25) is 0 Å². The van der Waals surface area contributed by atoms with E-state index < -0.39 is 6.10 Å². The van der Waals surface area contributed by atoms with Gasteiger partial charge in [0.15, 0.2) is 0 Å². The van der Waals surface area contributed by atoms with Crippen LogP contribution in [0.5, 0.6) is 0 Å². The van der Waals surface area contributed by atoms with Crippen molar-refractivity contribution in [3.63, 3.8) is 0 Å². The van der Waals surface area contributed by atoms with E-state index in [1.807, 2.05) is 30.9 Å². The van der Waals surface area contributed by atoms with E-state index in [0.717, 1.165) is 21.3 Å². The highest BCUT2D eigenvalue weighted by Gasteiger charge is 2.18. The molecule has 0 aliphatic rings. The lowest BCUT2D eigenvalue weighted by atomic mass is 10.1. The van der Waals surface area contributed by atoms with Gasteiger partial charge in [-0.1, -0.05) is 0 Å². The topological polar surface area (TPSA) is 38.0 Å². The van der Waals surface area contributed by atoms with Gasteiger partial charge in [0.1, 0.15) is 6.10 Å². The maximum atomic E-state index is 10.2. The fourth-order valence-electron chi connectivity index (χ4n) is 1.54. The molecule has 1 unspecified atom stereocenters. The highest BCUT2D eigenvalue weighted by Crippen LogP contribution is 2.32. The Hall–Kier alpha value is -0.650. The van der Waals surface area contributed by atoms with Gasteiger partial charge in [-0.05, 0) is 28.2 Å². The average molecular weight is 287 g/mol. The van der Waals surface area contributed by atoms with Crippen LogP contribution >= 0.6 is 27.3 Å². The molecular formula is C10H11BrN2OS. The van der Waals surface area contributed by atoms with E-state index in [1.165, 1.54) is 0 Å². The Kier molecular flexibility index (Phi) is 2.95. The Morgan fingerprint density at radius 2 is 2.20 bits per heavy atom. The van der Waals surface area contributed by atoms with Crippen LogP contribution in [0.3, 0.4) is 0 Å². The number of hydrogen-bond donors (Lipinski definition) is 1. The fraction of sp³-hybridized carbons (Fsp3) is 0.300. The number of aryl methyl sites for hydroxylation is 2. The van der Waals surface area contributed by atoms with Crippen LogP contribution < -0.4 is 0 Å². The third kappa shape index (κ3) is 2.00. The van der Waals surface area contributed by atoms with Crippen LogP contribution in [0.1, 0.15) is 22.9 Å². The largest absolute Gasteiger partial charge is 0.383 e. The first-order valence-electron chi connectivity index (χ1n) is 4.49. The predicted molar refractivity (Wildman–Crippen MR) is 64.0 cm³/mol. The summed E-state index contributed by atoms with van der Waals surface area (Å²) in [5, 5.41) is 18.3. The van der Waals surface area contributed by atoms with Crippen molar-refractivity contribution in [2.24, 2.45) is 7.05 Å². The summed E-state index contributed by atoms with van der Waals surface area (Å²) < 4.78 is 2.66. The number of rotatable bonds is 2. The Morgan fingerprint density at radius 1 is 1.47 bits per heavy atom. The summed E-state index contributed by atoms with van der Waals surface area (Å²) in [6.07, 6.45) is 1.25. The highest BCUT2D eigenvalue weighted by atomic mass is 79.9. The quantitative estimate of drug-likeness (QED) is 0.922. The number of halogens is 1. The molecule has 0 aliphatic carbocycles. The molecule has 0 saturated heterocycles. The Morgan fingerprint density at radius 3 is 2.67 bits per heavy atom. The lowest BCUT2D eigenvalue weighted by Gasteiger charge is -2.08. The Balaban J connectivity index is 2.40. The summed E-state index contributed by atoms with van der Waals surface area (Å²) >= 11 is 4.99. The van der Waals surface area contributed by atoms with Gasteiger partial charge in [-0.25, -0.2) is 0 Å². The molecule has 0 aromatic carbocycles. The summed E-state index contributed by atoms with van der Waals surface area (Å²) in [5.74, 6) is 0. The highest BCUT2D eigenvalue weighted by molar-refractivity contribution is 9.10. The smallest absolute Gasteiger partial charge is 0.109 e. The monoisotopic (exact) mass is 286 g/mol. The number of thiophene rings is 1. The van der Waals surface area contributed by atoms with Crippen molar-refractivity contribution >= 4 is 27.3 Å². The molecule has 0 saturated carbocycles. The van der Waals surface area contributed by atoms with Gasteiger partial charge in [0.2, 0.25) is 0 Å². The second kappa shape index (κ2) is 4.08. The minimum atomic E-state index is -0.598. The zero-order chi connectivity index (χ0) is 11.0. The van der Waals surface area contributed by atoms with Crippen LogP contribution in [0.4, 0.5) is 0 Å². The molecule has 0 amide bonds.